The minimum atomic E-state index is -2.92. The van der Waals surface area contributed by atoms with E-state index in [4.69, 9.17) is 4.42 Å². The molecule has 1 amide bonds. The summed E-state index contributed by atoms with van der Waals surface area (Å²) in [5.41, 5.74) is -0.202. The first-order valence-electron chi connectivity index (χ1n) is 6.92. The second-order valence-corrected chi connectivity index (χ2v) is 4.84. The van der Waals surface area contributed by atoms with Crippen molar-refractivity contribution < 1.29 is 22.7 Å². The van der Waals surface area contributed by atoms with Gasteiger partial charge in [-0.05, 0) is 36.4 Å². The molecule has 1 N–H and O–H groups in total. The van der Waals surface area contributed by atoms with Gasteiger partial charge in [-0.1, -0.05) is 18.2 Å². The molecule has 3 aromatic rings. The molecule has 0 saturated heterocycles. The van der Waals surface area contributed by atoms with E-state index >= 15 is 0 Å². The highest BCUT2D eigenvalue weighted by Crippen LogP contribution is 2.19. The number of rotatable bonds is 4. The molecule has 122 valence electrons. The standard InChI is InChI=1S/C17H11F2NO4/c18-17(19)23-12-7-5-11(6-8-12)20-15(21)13-9-10-3-1-2-4-14(10)24-16(13)22/h1-9,17H,(H,20,21). The summed E-state index contributed by atoms with van der Waals surface area (Å²) < 4.78 is 33.5. The van der Waals surface area contributed by atoms with Crippen molar-refractivity contribution in [3.8, 4) is 5.75 Å². The lowest BCUT2D eigenvalue weighted by atomic mass is 10.1. The van der Waals surface area contributed by atoms with Gasteiger partial charge in [0, 0.05) is 11.1 Å². The largest absolute Gasteiger partial charge is 0.435 e. The fourth-order valence-electron chi connectivity index (χ4n) is 2.14. The third kappa shape index (κ3) is 3.40. The normalized spacial score (nSPS) is 10.8. The summed E-state index contributed by atoms with van der Waals surface area (Å²) in [4.78, 5) is 24.1. The third-order valence-electron chi connectivity index (χ3n) is 3.22. The van der Waals surface area contributed by atoms with Crippen LogP contribution in [0.15, 0.2) is 63.8 Å². The lowest BCUT2D eigenvalue weighted by Crippen LogP contribution is -2.20. The first kappa shape index (κ1) is 15.7. The number of nitrogens with one attached hydrogen (secondary N) is 1. The van der Waals surface area contributed by atoms with Gasteiger partial charge in [-0.15, -0.1) is 0 Å². The Bertz CT molecular complexity index is 935. The van der Waals surface area contributed by atoms with E-state index in [2.05, 4.69) is 10.1 Å². The molecule has 3 rings (SSSR count). The molecule has 0 spiro atoms. The number of ether oxygens (including phenoxy) is 1. The minimum Gasteiger partial charge on any atom is -0.435 e. The number of alkyl halides is 2. The van der Waals surface area contributed by atoms with E-state index in [0.29, 0.717) is 16.7 Å². The molecule has 7 heteroatoms. The Hall–Kier alpha value is -3.22. The minimum absolute atomic E-state index is 0.0341. The second-order valence-electron chi connectivity index (χ2n) is 4.84. The monoisotopic (exact) mass is 331 g/mol. The molecule has 0 radical (unpaired) electrons. The average molecular weight is 331 g/mol. The van der Waals surface area contributed by atoms with Crippen LogP contribution in [0.3, 0.4) is 0 Å². The third-order valence-corrected chi connectivity index (χ3v) is 3.22. The van der Waals surface area contributed by atoms with Crippen LogP contribution in [-0.4, -0.2) is 12.5 Å². The van der Waals surface area contributed by atoms with E-state index in [1.165, 1.54) is 30.3 Å². The van der Waals surface area contributed by atoms with Gasteiger partial charge < -0.3 is 14.5 Å². The van der Waals surface area contributed by atoms with Crippen molar-refractivity contribution in [3.63, 3.8) is 0 Å². The second kappa shape index (κ2) is 6.49. The maximum Gasteiger partial charge on any atom is 0.387 e. The SMILES string of the molecule is O=C(Nc1ccc(OC(F)F)cc1)c1cc2ccccc2oc1=O. The van der Waals surface area contributed by atoms with Gasteiger partial charge in [0.25, 0.3) is 5.91 Å². The summed E-state index contributed by atoms with van der Waals surface area (Å²) in [6, 6.07) is 13.6. The zero-order valence-electron chi connectivity index (χ0n) is 12.2. The van der Waals surface area contributed by atoms with Crippen LogP contribution in [0.25, 0.3) is 11.0 Å². The number of hydrogen-bond acceptors (Lipinski definition) is 4. The molecule has 24 heavy (non-hydrogen) atoms. The van der Waals surface area contributed by atoms with Gasteiger partial charge in [0.15, 0.2) is 0 Å². The molecular formula is C17H11F2NO4. The van der Waals surface area contributed by atoms with Crippen LogP contribution in [0.2, 0.25) is 0 Å². The van der Waals surface area contributed by atoms with Crippen LogP contribution >= 0.6 is 0 Å². The van der Waals surface area contributed by atoms with E-state index in [-0.39, 0.29) is 11.3 Å². The number of amides is 1. The van der Waals surface area contributed by atoms with Crippen molar-refractivity contribution in [2.24, 2.45) is 0 Å². The van der Waals surface area contributed by atoms with Gasteiger partial charge in [0.05, 0.1) is 0 Å². The molecule has 0 atom stereocenters. The number of halogens is 2. The van der Waals surface area contributed by atoms with Crippen LogP contribution < -0.4 is 15.7 Å². The zero-order valence-corrected chi connectivity index (χ0v) is 12.2. The van der Waals surface area contributed by atoms with Crippen LogP contribution in [-0.2, 0) is 0 Å². The lowest BCUT2D eigenvalue weighted by molar-refractivity contribution is -0.0498. The van der Waals surface area contributed by atoms with Crippen molar-refractivity contribution in [2.45, 2.75) is 6.61 Å². The van der Waals surface area contributed by atoms with E-state index in [9.17, 15) is 18.4 Å². The molecule has 0 bridgehead atoms. The summed E-state index contributed by atoms with van der Waals surface area (Å²) in [5, 5.41) is 3.12. The lowest BCUT2D eigenvalue weighted by Gasteiger charge is -2.07. The zero-order chi connectivity index (χ0) is 17.1. The van der Waals surface area contributed by atoms with Crippen LogP contribution in [0.4, 0.5) is 14.5 Å². The number of carbonyl (C=O) groups excluding carboxylic acids is 1. The van der Waals surface area contributed by atoms with Gasteiger partial charge >= 0.3 is 12.2 Å². The highest BCUT2D eigenvalue weighted by atomic mass is 19.3. The Morgan fingerprint density at radius 3 is 2.50 bits per heavy atom. The smallest absolute Gasteiger partial charge is 0.387 e. The van der Waals surface area contributed by atoms with E-state index in [1.807, 2.05) is 0 Å². The van der Waals surface area contributed by atoms with Gasteiger partial charge in [0.2, 0.25) is 0 Å². The first-order chi connectivity index (χ1) is 11.5. The molecular weight excluding hydrogens is 320 g/mol. The Balaban J connectivity index is 1.82. The molecule has 0 unspecified atom stereocenters. The molecule has 0 aliphatic heterocycles. The Morgan fingerprint density at radius 2 is 1.79 bits per heavy atom. The highest BCUT2D eigenvalue weighted by molar-refractivity contribution is 6.05. The molecule has 0 aliphatic rings. The van der Waals surface area contributed by atoms with E-state index < -0.39 is 18.1 Å². The summed E-state index contributed by atoms with van der Waals surface area (Å²) in [5.74, 6) is -0.690. The summed E-state index contributed by atoms with van der Waals surface area (Å²) in [6.07, 6.45) is 0. The maximum absolute atomic E-state index is 12.2. The Morgan fingerprint density at radius 1 is 1.08 bits per heavy atom. The van der Waals surface area contributed by atoms with E-state index in [1.54, 1.807) is 24.3 Å². The number of fused-ring (bicyclic) bond motifs is 1. The number of benzene rings is 2. The van der Waals surface area contributed by atoms with Crippen molar-refractivity contribution in [3.05, 3.63) is 70.6 Å². The van der Waals surface area contributed by atoms with Gasteiger partial charge in [0.1, 0.15) is 16.9 Å². The highest BCUT2D eigenvalue weighted by Gasteiger charge is 2.14. The quantitative estimate of drug-likeness (QED) is 0.741. The molecule has 1 heterocycles. The fourth-order valence-corrected chi connectivity index (χ4v) is 2.14. The van der Waals surface area contributed by atoms with Crippen molar-refractivity contribution in [2.75, 3.05) is 5.32 Å². The summed E-state index contributed by atoms with van der Waals surface area (Å²) in [7, 11) is 0. The fraction of sp³-hybridized carbons (Fsp3) is 0.0588. The predicted octanol–water partition coefficient (Wildman–Crippen LogP) is 3.65. The molecule has 2 aromatic carbocycles. The van der Waals surface area contributed by atoms with Crippen molar-refractivity contribution in [1.82, 2.24) is 0 Å². The number of hydrogen-bond donors (Lipinski definition) is 1. The summed E-state index contributed by atoms with van der Waals surface area (Å²) in [6.45, 7) is -2.92. The first-order valence-corrected chi connectivity index (χ1v) is 6.92. The van der Waals surface area contributed by atoms with Gasteiger partial charge in [-0.25, -0.2) is 4.79 Å². The number of carbonyl (C=O) groups is 1. The summed E-state index contributed by atoms with van der Waals surface area (Å²) >= 11 is 0. The van der Waals surface area contributed by atoms with Crippen LogP contribution in [0, 0.1) is 0 Å². The van der Waals surface area contributed by atoms with Crippen molar-refractivity contribution >= 4 is 22.6 Å². The molecule has 0 aliphatic carbocycles. The van der Waals surface area contributed by atoms with Gasteiger partial charge in [-0.3, -0.25) is 4.79 Å². The topological polar surface area (TPSA) is 68.5 Å². The number of para-hydroxylation sites is 1. The molecule has 1 aromatic heterocycles. The molecule has 0 saturated carbocycles. The average Bonchev–Trinajstić information content (AvgIpc) is 2.55. The Labute approximate surface area is 134 Å². The number of anilines is 1. The molecule has 5 nitrogen and oxygen atoms in total. The van der Waals surface area contributed by atoms with Crippen LogP contribution in [0.5, 0.6) is 5.75 Å². The predicted molar refractivity (Wildman–Crippen MR) is 83.5 cm³/mol. The van der Waals surface area contributed by atoms with Gasteiger partial charge in [-0.2, -0.15) is 8.78 Å². The Kier molecular flexibility index (Phi) is 4.24. The van der Waals surface area contributed by atoms with Crippen molar-refractivity contribution in [1.29, 1.82) is 0 Å². The maximum atomic E-state index is 12.2. The van der Waals surface area contributed by atoms with Crippen LogP contribution in [0.1, 0.15) is 10.4 Å². The molecule has 0 fully saturated rings. The van der Waals surface area contributed by atoms with E-state index in [0.717, 1.165) is 0 Å².